The fourth-order valence-electron chi connectivity index (χ4n) is 1.35. The number of aromatic amines is 1. The second-order valence-corrected chi connectivity index (χ2v) is 3.58. The topological polar surface area (TPSA) is 84.7 Å². The van der Waals surface area contributed by atoms with E-state index in [1.165, 1.54) is 12.4 Å². The molecule has 7 heteroatoms. The number of nitro benzene ring substituents is 1. The smallest absolute Gasteiger partial charge is 0.263 e. The first kappa shape index (κ1) is 10.6. The molecule has 0 aliphatic rings. The number of hydrogen-bond acceptors (Lipinski definition) is 4. The van der Waals surface area contributed by atoms with Gasteiger partial charge in [0, 0.05) is 23.1 Å². The van der Waals surface area contributed by atoms with Crippen LogP contribution in [0.15, 0.2) is 24.5 Å². The number of aromatic nitrogens is 3. The van der Waals surface area contributed by atoms with E-state index in [-0.39, 0.29) is 5.69 Å². The Bertz CT molecular complexity index is 512. The number of nitrogens with one attached hydrogen (secondary N) is 1. The second kappa shape index (κ2) is 4.28. The highest BCUT2D eigenvalue weighted by Crippen LogP contribution is 2.24. The summed E-state index contributed by atoms with van der Waals surface area (Å²) in [5.74, 6) is 0.574. The highest BCUT2D eigenvalue weighted by molar-refractivity contribution is 6.30. The van der Waals surface area contributed by atoms with Gasteiger partial charge in [0.25, 0.3) is 5.69 Å². The summed E-state index contributed by atoms with van der Waals surface area (Å²) in [4.78, 5) is 14.3. The van der Waals surface area contributed by atoms with Crippen LogP contribution in [0.3, 0.4) is 0 Å². The Morgan fingerprint density at radius 2 is 2.31 bits per heavy atom. The lowest BCUT2D eigenvalue weighted by molar-refractivity contribution is -0.385. The van der Waals surface area contributed by atoms with Crippen LogP contribution >= 0.6 is 11.6 Å². The molecule has 0 unspecified atom stereocenters. The second-order valence-electron chi connectivity index (χ2n) is 3.14. The molecule has 0 saturated heterocycles. The summed E-state index contributed by atoms with van der Waals surface area (Å²) in [5, 5.41) is 17.5. The molecule has 0 saturated carbocycles. The zero-order valence-corrected chi connectivity index (χ0v) is 8.81. The van der Waals surface area contributed by atoms with Gasteiger partial charge in [-0.2, -0.15) is 5.10 Å². The van der Waals surface area contributed by atoms with Crippen molar-refractivity contribution in [2.45, 2.75) is 6.42 Å². The van der Waals surface area contributed by atoms with Crippen molar-refractivity contribution >= 4 is 17.3 Å². The number of rotatable bonds is 3. The summed E-state index contributed by atoms with van der Waals surface area (Å²) in [6.07, 6.45) is 1.69. The van der Waals surface area contributed by atoms with Gasteiger partial charge in [-0.15, -0.1) is 0 Å². The van der Waals surface area contributed by atoms with Gasteiger partial charge in [0.05, 0.1) is 4.92 Å². The predicted octanol–water partition coefficient (Wildman–Crippen LogP) is 1.96. The summed E-state index contributed by atoms with van der Waals surface area (Å²) in [6, 6.07) is 4.55. The van der Waals surface area contributed by atoms with E-state index in [1.807, 2.05) is 0 Å². The van der Waals surface area contributed by atoms with E-state index < -0.39 is 4.92 Å². The van der Waals surface area contributed by atoms with Gasteiger partial charge in [-0.05, 0) is 6.07 Å². The minimum atomic E-state index is -0.461. The molecule has 0 spiro atoms. The van der Waals surface area contributed by atoms with Crippen LogP contribution in [-0.4, -0.2) is 20.1 Å². The Labute approximate surface area is 95.4 Å². The lowest BCUT2D eigenvalue weighted by Crippen LogP contribution is -1.98. The van der Waals surface area contributed by atoms with E-state index in [4.69, 9.17) is 11.6 Å². The van der Waals surface area contributed by atoms with Crippen LogP contribution in [0, 0.1) is 10.1 Å². The van der Waals surface area contributed by atoms with Crippen LogP contribution in [0.1, 0.15) is 11.4 Å². The van der Waals surface area contributed by atoms with Gasteiger partial charge in [-0.25, -0.2) is 4.98 Å². The zero-order valence-electron chi connectivity index (χ0n) is 8.05. The summed E-state index contributed by atoms with van der Waals surface area (Å²) in [6.45, 7) is 0. The molecule has 0 atom stereocenters. The largest absolute Gasteiger partial charge is 0.274 e. The molecule has 2 rings (SSSR count). The first-order valence-electron chi connectivity index (χ1n) is 4.44. The maximum Gasteiger partial charge on any atom is 0.274 e. The monoisotopic (exact) mass is 238 g/mol. The molecule has 1 aromatic heterocycles. The van der Waals surface area contributed by atoms with E-state index in [9.17, 15) is 10.1 Å². The minimum absolute atomic E-state index is 0.0103. The van der Waals surface area contributed by atoms with Crippen molar-refractivity contribution in [1.29, 1.82) is 0 Å². The van der Waals surface area contributed by atoms with Crippen molar-refractivity contribution in [3.05, 3.63) is 51.1 Å². The summed E-state index contributed by atoms with van der Waals surface area (Å²) in [7, 11) is 0. The fraction of sp³-hybridized carbons (Fsp3) is 0.111. The molecular formula is C9H7ClN4O2. The lowest BCUT2D eigenvalue weighted by atomic mass is 10.1. The molecule has 16 heavy (non-hydrogen) atoms. The molecule has 0 bridgehead atoms. The number of halogens is 1. The van der Waals surface area contributed by atoms with Crippen molar-refractivity contribution < 1.29 is 4.92 Å². The van der Waals surface area contributed by atoms with Crippen LogP contribution in [-0.2, 0) is 6.42 Å². The Hall–Kier alpha value is -1.95. The van der Waals surface area contributed by atoms with Gasteiger partial charge in [0.1, 0.15) is 12.2 Å². The van der Waals surface area contributed by atoms with Gasteiger partial charge in [0.2, 0.25) is 0 Å². The van der Waals surface area contributed by atoms with Gasteiger partial charge < -0.3 is 0 Å². The Morgan fingerprint density at radius 1 is 1.50 bits per heavy atom. The van der Waals surface area contributed by atoms with Crippen LogP contribution in [0.25, 0.3) is 0 Å². The molecule has 0 aliphatic carbocycles. The average molecular weight is 239 g/mol. The van der Waals surface area contributed by atoms with Crippen LogP contribution in [0.4, 0.5) is 5.69 Å². The summed E-state index contributed by atoms with van der Waals surface area (Å²) < 4.78 is 0. The van der Waals surface area contributed by atoms with E-state index in [0.29, 0.717) is 22.8 Å². The normalized spacial score (nSPS) is 10.3. The summed E-state index contributed by atoms with van der Waals surface area (Å²) in [5.41, 5.74) is 0.537. The molecular weight excluding hydrogens is 232 g/mol. The van der Waals surface area contributed by atoms with Gasteiger partial charge in [-0.3, -0.25) is 15.2 Å². The molecule has 6 nitrogen and oxygen atoms in total. The number of H-pyrrole nitrogens is 1. The van der Waals surface area contributed by atoms with Crippen LogP contribution in [0.2, 0.25) is 5.02 Å². The lowest BCUT2D eigenvalue weighted by Gasteiger charge is -2.00. The van der Waals surface area contributed by atoms with Crippen LogP contribution in [0.5, 0.6) is 0 Å². The van der Waals surface area contributed by atoms with Crippen molar-refractivity contribution in [2.24, 2.45) is 0 Å². The zero-order chi connectivity index (χ0) is 11.5. The highest BCUT2D eigenvalue weighted by atomic mass is 35.5. The van der Waals surface area contributed by atoms with E-state index >= 15 is 0 Å². The van der Waals surface area contributed by atoms with Gasteiger partial charge in [-0.1, -0.05) is 17.7 Å². The Balaban J connectivity index is 2.36. The van der Waals surface area contributed by atoms with Crippen molar-refractivity contribution in [3.8, 4) is 0 Å². The number of nitro groups is 1. The fourth-order valence-corrected chi connectivity index (χ4v) is 1.52. The molecule has 0 radical (unpaired) electrons. The molecule has 1 N–H and O–H groups in total. The maximum absolute atomic E-state index is 10.8. The number of benzene rings is 1. The van der Waals surface area contributed by atoms with Gasteiger partial charge >= 0.3 is 0 Å². The number of hydrogen-bond donors (Lipinski definition) is 1. The average Bonchev–Trinajstić information content (AvgIpc) is 2.73. The SMILES string of the molecule is O=[N+]([O-])c1cc(Cl)ccc1Cc1ncn[nH]1. The third-order valence-corrected chi connectivity index (χ3v) is 2.30. The Kier molecular flexibility index (Phi) is 2.82. The maximum atomic E-state index is 10.8. The number of nitrogens with zero attached hydrogens (tertiary/aromatic N) is 3. The molecule has 0 fully saturated rings. The van der Waals surface area contributed by atoms with Crippen LogP contribution < -0.4 is 0 Å². The molecule has 82 valence electrons. The summed E-state index contributed by atoms with van der Waals surface area (Å²) >= 11 is 5.70. The van der Waals surface area contributed by atoms with E-state index in [1.54, 1.807) is 12.1 Å². The van der Waals surface area contributed by atoms with Gasteiger partial charge in [0.15, 0.2) is 0 Å². The first-order valence-corrected chi connectivity index (χ1v) is 4.81. The standard InChI is InChI=1S/C9H7ClN4O2/c10-7-2-1-6(8(4-7)14(15)16)3-9-11-5-12-13-9/h1-2,4-5H,3H2,(H,11,12,13). The molecule has 0 amide bonds. The van der Waals surface area contributed by atoms with Crippen molar-refractivity contribution in [1.82, 2.24) is 15.2 Å². The molecule has 1 heterocycles. The molecule has 0 aliphatic heterocycles. The van der Waals surface area contributed by atoms with Crippen molar-refractivity contribution in [2.75, 3.05) is 0 Å². The quantitative estimate of drug-likeness (QED) is 0.654. The predicted molar refractivity (Wildman–Crippen MR) is 57.3 cm³/mol. The Morgan fingerprint density at radius 3 is 2.94 bits per heavy atom. The molecule has 2 aromatic rings. The van der Waals surface area contributed by atoms with E-state index in [2.05, 4.69) is 15.2 Å². The third-order valence-electron chi connectivity index (χ3n) is 2.07. The minimum Gasteiger partial charge on any atom is -0.263 e. The molecule has 1 aromatic carbocycles. The first-order chi connectivity index (χ1) is 7.66. The third kappa shape index (κ3) is 2.17. The van der Waals surface area contributed by atoms with Crippen molar-refractivity contribution in [3.63, 3.8) is 0 Å². The highest BCUT2D eigenvalue weighted by Gasteiger charge is 2.15. The van der Waals surface area contributed by atoms with E-state index in [0.717, 1.165) is 0 Å².